The molecule has 0 aromatic carbocycles. The summed E-state index contributed by atoms with van der Waals surface area (Å²) in [4.78, 5) is 21.8. The van der Waals surface area contributed by atoms with Crippen LogP contribution in [0.1, 0.15) is 13.8 Å². The van der Waals surface area contributed by atoms with Gasteiger partial charge in [0.05, 0.1) is 6.61 Å². The minimum atomic E-state index is -1.33. The van der Waals surface area contributed by atoms with Crippen LogP contribution in [-0.2, 0) is 28.5 Å². The quantitative estimate of drug-likeness (QED) is 0.652. The van der Waals surface area contributed by atoms with Gasteiger partial charge in [-0.05, 0) is 0 Å². The van der Waals surface area contributed by atoms with Gasteiger partial charge < -0.3 is 24.1 Å². The fraction of sp³-hybridized carbons (Fsp3) is 0.800. The maximum atomic E-state index is 10.9. The van der Waals surface area contributed by atoms with Crippen LogP contribution in [0.5, 0.6) is 0 Å². The van der Waals surface area contributed by atoms with E-state index in [1.807, 2.05) is 0 Å². The monoisotopic (exact) mass is 248 g/mol. The van der Waals surface area contributed by atoms with Gasteiger partial charge in [0.15, 0.2) is 18.5 Å². The molecule has 0 aromatic heterocycles. The second-order valence-corrected chi connectivity index (χ2v) is 3.67. The molecule has 1 saturated heterocycles. The molecule has 0 aromatic rings. The molecular formula is C10H16O7. The van der Waals surface area contributed by atoms with Crippen LogP contribution >= 0.6 is 0 Å². The lowest BCUT2D eigenvalue weighted by molar-refractivity contribution is -0.174. The highest BCUT2D eigenvalue weighted by Gasteiger charge is 2.48. The average Bonchev–Trinajstić information content (AvgIpc) is 2.45. The number of aliphatic hydroxyl groups is 1. The molecule has 1 N–H and O–H groups in total. The zero-order valence-corrected chi connectivity index (χ0v) is 9.91. The lowest BCUT2D eigenvalue weighted by atomic mass is 10.1. The van der Waals surface area contributed by atoms with Crippen molar-refractivity contribution in [3.63, 3.8) is 0 Å². The topological polar surface area (TPSA) is 91.3 Å². The summed E-state index contributed by atoms with van der Waals surface area (Å²) in [6, 6.07) is 0. The van der Waals surface area contributed by atoms with E-state index in [-0.39, 0.29) is 6.61 Å². The predicted octanol–water partition coefficient (Wildman–Crippen LogP) is -0.787. The van der Waals surface area contributed by atoms with Gasteiger partial charge in [0.1, 0.15) is 6.10 Å². The summed E-state index contributed by atoms with van der Waals surface area (Å²) in [7, 11) is 1.44. The molecule has 4 atom stereocenters. The molecule has 0 radical (unpaired) electrons. The number of ether oxygens (including phenoxy) is 4. The van der Waals surface area contributed by atoms with E-state index in [9.17, 15) is 14.7 Å². The van der Waals surface area contributed by atoms with Crippen LogP contribution in [0, 0.1) is 0 Å². The summed E-state index contributed by atoms with van der Waals surface area (Å²) < 4.78 is 19.8. The van der Waals surface area contributed by atoms with Crippen LogP contribution < -0.4 is 0 Å². The summed E-state index contributed by atoms with van der Waals surface area (Å²) in [6.45, 7) is 2.54. The van der Waals surface area contributed by atoms with E-state index in [2.05, 4.69) is 0 Å². The first-order valence-corrected chi connectivity index (χ1v) is 5.12. The highest BCUT2D eigenvalue weighted by molar-refractivity contribution is 5.67. The average molecular weight is 248 g/mol. The van der Waals surface area contributed by atoms with Gasteiger partial charge in [-0.3, -0.25) is 9.59 Å². The number of aliphatic hydroxyl groups excluding tert-OH is 1. The third-order valence-corrected chi connectivity index (χ3v) is 2.22. The minimum Gasteiger partial charge on any atom is -0.455 e. The van der Waals surface area contributed by atoms with Gasteiger partial charge in [-0.2, -0.15) is 0 Å². The van der Waals surface area contributed by atoms with Gasteiger partial charge in [-0.1, -0.05) is 0 Å². The molecule has 0 aliphatic carbocycles. The van der Waals surface area contributed by atoms with E-state index in [1.165, 1.54) is 21.0 Å². The van der Waals surface area contributed by atoms with Crippen molar-refractivity contribution >= 4 is 11.9 Å². The Morgan fingerprint density at radius 2 is 1.71 bits per heavy atom. The summed E-state index contributed by atoms with van der Waals surface area (Å²) in [6.07, 6.45) is -3.89. The molecule has 1 aliphatic rings. The molecule has 0 saturated carbocycles. The maximum absolute atomic E-state index is 10.9. The lowest BCUT2D eigenvalue weighted by Crippen LogP contribution is -2.40. The number of esters is 2. The number of methoxy groups -OCH3 is 1. The highest BCUT2D eigenvalue weighted by atomic mass is 16.7. The summed E-state index contributed by atoms with van der Waals surface area (Å²) in [5.74, 6) is -1.14. The van der Waals surface area contributed by atoms with Crippen LogP contribution in [0.15, 0.2) is 0 Å². The molecule has 0 spiro atoms. The number of carbonyl (C=O) groups is 2. The van der Waals surface area contributed by atoms with Crippen molar-refractivity contribution in [3.05, 3.63) is 0 Å². The second kappa shape index (κ2) is 5.95. The molecule has 1 aliphatic heterocycles. The molecule has 0 amide bonds. The van der Waals surface area contributed by atoms with Crippen molar-refractivity contribution in [2.75, 3.05) is 13.7 Å². The largest absolute Gasteiger partial charge is 0.455 e. The molecule has 0 unspecified atom stereocenters. The molecule has 17 heavy (non-hydrogen) atoms. The second-order valence-electron chi connectivity index (χ2n) is 3.67. The van der Waals surface area contributed by atoms with E-state index in [0.717, 1.165) is 0 Å². The van der Waals surface area contributed by atoms with Crippen LogP contribution in [0.3, 0.4) is 0 Å². The van der Waals surface area contributed by atoms with E-state index >= 15 is 0 Å². The first-order chi connectivity index (χ1) is 7.95. The van der Waals surface area contributed by atoms with Crippen molar-refractivity contribution in [2.24, 2.45) is 0 Å². The van der Waals surface area contributed by atoms with Gasteiger partial charge in [0.25, 0.3) is 0 Å². The molecule has 1 rings (SSSR count). The Kier molecular flexibility index (Phi) is 4.86. The van der Waals surface area contributed by atoms with Crippen LogP contribution in [-0.4, -0.2) is 55.4 Å². The van der Waals surface area contributed by atoms with Gasteiger partial charge in [-0.15, -0.1) is 0 Å². The molecule has 1 heterocycles. The SMILES string of the molecule is COC[C@H]1O[C@H](O)[C@H](OC(C)=O)[C@@H]1OC(C)=O. The van der Waals surface area contributed by atoms with Crippen molar-refractivity contribution in [3.8, 4) is 0 Å². The third kappa shape index (κ3) is 3.65. The lowest BCUT2D eigenvalue weighted by Gasteiger charge is -2.21. The van der Waals surface area contributed by atoms with E-state index in [0.29, 0.717) is 0 Å². The molecule has 0 bridgehead atoms. The summed E-state index contributed by atoms with van der Waals surface area (Å²) >= 11 is 0. The number of carbonyl (C=O) groups excluding carboxylic acids is 2. The molecule has 7 heteroatoms. The summed E-state index contributed by atoms with van der Waals surface area (Å²) in [5.41, 5.74) is 0. The predicted molar refractivity (Wildman–Crippen MR) is 53.9 cm³/mol. The van der Waals surface area contributed by atoms with Crippen molar-refractivity contribution in [2.45, 2.75) is 38.4 Å². The zero-order chi connectivity index (χ0) is 13.0. The van der Waals surface area contributed by atoms with Crippen LogP contribution in [0.4, 0.5) is 0 Å². The van der Waals surface area contributed by atoms with Crippen LogP contribution in [0.2, 0.25) is 0 Å². The Morgan fingerprint density at radius 1 is 1.18 bits per heavy atom. The standard InChI is InChI=1S/C10H16O7/c1-5(11)15-8-7(4-14-3)17-10(13)9(8)16-6(2)12/h7-10,13H,4H2,1-3H3/t7-,8-,9-,10+/m1/s1. The van der Waals surface area contributed by atoms with Gasteiger partial charge in [0.2, 0.25) is 0 Å². The molecule has 1 fully saturated rings. The maximum Gasteiger partial charge on any atom is 0.303 e. The first kappa shape index (κ1) is 13.9. The molecule has 7 nitrogen and oxygen atoms in total. The van der Waals surface area contributed by atoms with Crippen LogP contribution in [0.25, 0.3) is 0 Å². The van der Waals surface area contributed by atoms with E-state index in [1.54, 1.807) is 0 Å². The highest BCUT2D eigenvalue weighted by Crippen LogP contribution is 2.25. The Bertz CT molecular complexity index is 290. The van der Waals surface area contributed by atoms with Crippen molar-refractivity contribution in [1.82, 2.24) is 0 Å². The van der Waals surface area contributed by atoms with Crippen molar-refractivity contribution in [1.29, 1.82) is 0 Å². The number of hydrogen-bond acceptors (Lipinski definition) is 7. The Labute approximate surface area is 98.6 Å². The number of rotatable bonds is 4. The first-order valence-electron chi connectivity index (χ1n) is 5.12. The van der Waals surface area contributed by atoms with Crippen molar-refractivity contribution < 1.29 is 33.6 Å². The third-order valence-electron chi connectivity index (χ3n) is 2.22. The van der Waals surface area contributed by atoms with Gasteiger partial charge in [-0.25, -0.2) is 0 Å². The Hall–Kier alpha value is -1.18. The van der Waals surface area contributed by atoms with E-state index < -0.39 is 36.5 Å². The molecule has 98 valence electrons. The minimum absolute atomic E-state index is 0.118. The fourth-order valence-corrected chi connectivity index (χ4v) is 1.66. The molecular weight excluding hydrogens is 232 g/mol. The number of hydrogen-bond donors (Lipinski definition) is 1. The Morgan fingerprint density at radius 3 is 2.18 bits per heavy atom. The Balaban J connectivity index is 2.76. The normalized spacial score (nSPS) is 32.2. The zero-order valence-electron chi connectivity index (χ0n) is 9.91. The van der Waals surface area contributed by atoms with E-state index in [4.69, 9.17) is 18.9 Å². The fourth-order valence-electron chi connectivity index (χ4n) is 1.66. The van der Waals surface area contributed by atoms with Gasteiger partial charge >= 0.3 is 11.9 Å². The summed E-state index contributed by atoms with van der Waals surface area (Å²) in [5, 5.41) is 9.57. The smallest absolute Gasteiger partial charge is 0.303 e. The van der Waals surface area contributed by atoms with Gasteiger partial charge in [0, 0.05) is 21.0 Å².